The van der Waals surface area contributed by atoms with Crippen molar-refractivity contribution in [2.75, 3.05) is 27.9 Å². The summed E-state index contributed by atoms with van der Waals surface area (Å²) in [6, 6.07) is 0.0374. The molecule has 14 heavy (non-hydrogen) atoms. The van der Waals surface area contributed by atoms with Crippen LogP contribution in [0.2, 0.25) is 0 Å². The molecule has 0 unspecified atom stereocenters. The number of ether oxygens (including phenoxy) is 3. The second-order valence-electron chi connectivity index (χ2n) is 3.30. The summed E-state index contributed by atoms with van der Waals surface area (Å²) < 4.78 is 16.3. The van der Waals surface area contributed by atoms with Crippen molar-refractivity contribution in [2.45, 2.75) is 24.3 Å². The second kappa shape index (κ2) is 5.67. The molecular formula is C8H18BNO4. The van der Waals surface area contributed by atoms with Crippen LogP contribution in [0, 0.1) is 0 Å². The number of hydroxylamine groups is 1. The summed E-state index contributed by atoms with van der Waals surface area (Å²) in [5, 5.41) is 0. The zero-order valence-electron chi connectivity index (χ0n) is 9.15. The Morgan fingerprint density at radius 1 is 1.29 bits per heavy atom. The van der Waals surface area contributed by atoms with E-state index in [9.17, 15) is 0 Å². The predicted octanol–water partition coefficient (Wildman–Crippen LogP) is -1.47. The number of rotatable bonds is 5. The molecule has 1 fully saturated rings. The maximum Gasteiger partial charge on any atom is 0.142 e. The summed E-state index contributed by atoms with van der Waals surface area (Å²) in [5.74, 6) is 0. The first-order valence-corrected chi connectivity index (χ1v) is 4.74. The molecule has 5 nitrogen and oxygen atoms in total. The Bertz CT molecular complexity index is 171. The highest BCUT2D eigenvalue weighted by molar-refractivity contribution is 6.11. The third kappa shape index (κ3) is 2.46. The van der Waals surface area contributed by atoms with E-state index in [1.807, 2.05) is 7.85 Å². The Hall–Kier alpha value is -0.135. The van der Waals surface area contributed by atoms with Gasteiger partial charge >= 0.3 is 0 Å². The van der Waals surface area contributed by atoms with Gasteiger partial charge < -0.3 is 14.2 Å². The Labute approximate surface area is 85.4 Å². The number of hydrogen-bond donors (Lipinski definition) is 1. The van der Waals surface area contributed by atoms with Gasteiger partial charge in [0.05, 0.1) is 12.6 Å². The highest BCUT2D eigenvalue weighted by atomic mass is 16.7. The summed E-state index contributed by atoms with van der Waals surface area (Å²) in [6.07, 6.45) is -0.166. The molecule has 0 aromatic carbocycles. The molecule has 0 radical (unpaired) electrons. The molecule has 1 heterocycles. The van der Waals surface area contributed by atoms with Gasteiger partial charge in [0.15, 0.2) is 0 Å². The van der Waals surface area contributed by atoms with Crippen LogP contribution in [0.3, 0.4) is 0 Å². The molecule has 0 aliphatic carbocycles. The van der Waals surface area contributed by atoms with Gasteiger partial charge in [-0.25, -0.2) is 5.48 Å². The van der Waals surface area contributed by atoms with E-state index >= 15 is 0 Å². The van der Waals surface area contributed by atoms with Crippen molar-refractivity contribution >= 4 is 7.85 Å². The van der Waals surface area contributed by atoms with E-state index in [0.29, 0.717) is 6.61 Å². The topological polar surface area (TPSA) is 49.0 Å². The number of methoxy groups -OCH3 is 2. The average Bonchev–Trinajstić information content (AvgIpc) is 2.50. The molecule has 1 aliphatic rings. The van der Waals surface area contributed by atoms with Gasteiger partial charge in [-0.2, -0.15) is 0 Å². The highest BCUT2D eigenvalue weighted by Crippen LogP contribution is 2.24. The Balaban J connectivity index is 2.51. The molecule has 0 saturated carbocycles. The third-order valence-electron chi connectivity index (χ3n) is 2.48. The van der Waals surface area contributed by atoms with Gasteiger partial charge in [-0.1, -0.05) is 0 Å². The Morgan fingerprint density at radius 3 is 2.43 bits per heavy atom. The van der Waals surface area contributed by atoms with Crippen LogP contribution in [0.25, 0.3) is 0 Å². The van der Waals surface area contributed by atoms with E-state index < -0.39 is 0 Å². The first-order valence-electron chi connectivity index (χ1n) is 4.74. The number of nitrogens with one attached hydrogen (secondary N) is 1. The Morgan fingerprint density at radius 2 is 1.93 bits per heavy atom. The lowest BCUT2D eigenvalue weighted by molar-refractivity contribution is -0.0716. The third-order valence-corrected chi connectivity index (χ3v) is 2.48. The standard InChI is InChI=1S/C8H18BNO4/c1-10-13-4-5-6(11-2)7(12-3)8(9)14-5/h5-8,10H,4,9H2,1-3H3/t5-,6-,7-,8-/m1/s1. The first kappa shape index (κ1) is 11.9. The molecule has 1 N–H and O–H groups in total. The van der Waals surface area contributed by atoms with Crippen LogP contribution in [0.1, 0.15) is 0 Å². The molecule has 6 heteroatoms. The average molecular weight is 203 g/mol. The summed E-state index contributed by atoms with van der Waals surface area (Å²) in [6.45, 7) is 0.458. The Kier molecular flexibility index (Phi) is 4.84. The van der Waals surface area contributed by atoms with Crippen molar-refractivity contribution in [1.29, 1.82) is 0 Å². The molecule has 0 aromatic heterocycles. The predicted molar refractivity (Wildman–Crippen MR) is 53.8 cm³/mol. The van der Waals surface area contributed by atoms with Crippen LogP contribution in [0.4, 0.5) is 0 Å². The lowest BCUT2D eigenvalue weighted by Crippen LogP contribution is -2.38. The zero-order valence-corrected chi connectivity index (χ0v) is 9.15. The molecule has 0 aromatic rings. The minimum atomic E-state index is -0.0765. The molecule has 1 aliphatic heterocycles. The van der Waals surface area contributed by atoms with Crippen LogP contribution < -0.4 is 5.48 Å². The molecule has 4 atom stereocenters. The molecular weight excluding hydrogens is 185 g/mol. The molecule has 1 saturated heterocycles. The van der Waals surface area contributed by atoms with E-state index in [1.54, 1.807) is 21.3 Å². The quantitative estimate of drug-likeness (QED) is 0.436. The molecule has 0 amide bonds. The maximum atomic E-state index is 5.66. The van der Waals surface area contributed by atoms with Gasteiger partial charge in [0.2, 0.25) is 0 Å². The van der Waals surface area contributed by atoms with Crippen LogP contribution in [0.15, 0.2) is 0 Å². The van der Waals surface area contributed by atoms with E-state index in [4.69, 9.17) is 19.0 Å². The number of hydrogen-bond acceptors (Lipinski definition) is 5. The van der Waals surface area contributed by atoms with Crippen molar-refractivity contribution < 1.29 is 19.0 Å². The summed E-state index contributed by atoms with van der Waals surface area (Å²) in [7, 11) is 7.01. The van der Waals surface area contributed by atoms with Crippen molar-refractivity contribution in [3.05, 3.63) is 0 Å². The molecule has 0 spiro atoms. The van der Waals surface area contributed by atoms with Crippen LogP contribution in [0.5, 0.6) is 0 Å². The van der Waals surface area contributed by atoms with Crippen molar-refractivity contribution in [3.63, 3.8) is 0 Å². The SMILES string of the molecule is B[C@@H]1O[C@H](CONC)[C@@H](OC)[C@H]1OC. The van der Waals surface area contributed by atoms with Gasteiger partial charge in [-0.15, -0.1) is 0 Å². The van der Waals surface area contributed by atoms with Crippen LogP contribution in [-0.4, -0.2) is 60.0 Å². The van der Waals surface area contributed by atoms with Gasteiger partial charge in [0, 0.05) is 21.3 Å². The van der Waals surface area contributed by atoms with Crippen LogP contribution >= 0.6 is 0 Å². The van der Waals surface area contributed by atoms with E-state index in [1.165, 1.54) is 0 Å². The normalized spacial score (nSPS) is 37.6. The van der Waals surface area contributed by atoms with Gasteiger partial charge in [-0.05, 0) is 0 Å². The molecule has 82 valence electrons. The lowest BCUT2D eigenvalue weighted by atomic mass is 9.93. The summed E-state index contributed by atoms with van der Waals surface area (Å²) in [4.78, 5) is 5.08. The van der Waals surface area contributed by atoms with Gasteiger partial charge in [-0.3, -0.25) is 4.84 Å². The van der Waals surface area contributed by atoms with E-state index in [2.05, 4.69) is 5.48 Å². The summed E-state index contributed by atoms with van der Waals surface area (Å²) >= 11 is 0. The second-order valence-corrected chi connectivity index (χ2v) is 3.30. The summed E-state index contributed by atoms with van der Waals surface area (Å²) in [5.41, 5.74) is 2.61. The smallest absolute Gasteiger partial charge is 0.142 e. The lowest BCUT2D eigenvalue weighted by Gasteiger charge is -2.20. The van der Waals surface area contributed by atoms with Crippen molar-refractivity contribution in [2.24, 2.45) is 0 Å². The van der Waals surface area contributed by atoms with E-state index in [0.717, 1.165) is 0 Å². The van der Waals surface area contributed by atoms with Gasteiger partial charge in [0.25, 0.3) is 0 Å². The molecule has 0 bridgehead atoms. The minimum Gasteiger partial charge on any atom is -0.377 e. The fraction of sp³-hybridized carbons (Fsp3) is 1.00. The fourth-order valence-corrected chi connectivity index (χ4v) is 1.82. The van der Waals surface area contributed by atoms with E-state index in [-0.39, 0.29) is 24.3 Å². The monoisotopic (exact) mass is 203 g/mol. The fourth-order valence-electron chi connectivity index (χ4n) is 1.82. The largest absolute Gasteiger partial charge is 0.377 e. The first-order chi connectivity index (χ1) is 6.74. The van der Waals surface area contributed by atoms with Crippen molar-refractivity contribution in [3.8, 4) is 0 Å². The molecule has 1 rings (SSSR count). The minimum absolute atomic E-state index is 0.0227. The van der Waals surface area contributed by atoms with Crippen LogP contribution in [-0.2, 0) is 19.0 Å². The maximum absolute atomic E-state index is 5.66. The van der Waals surface area contributed by atoms with Crippen molar-refractivity contribution in [1.82, 2.24) is 5.48 Å². The zero-order chi connectivity index (χ0) is 10.6. The van der Waals surface area contributed by atoms with Gasteiger partial charge in [0.1, 0.15) is 26.2 Å². The highest BCUT2D eigenvalue weighted by Gasteiger charge is 2.42.